The van der Waals surface area contributed by atoms with Crippen molar-refractivity contribution in [3.8, 4) is 0 Å². The van der Waals surface area contributed by atoms with E-state index in [4.69, 9.17) is 0 Å². The Hall–Kier alpha value is -2.32. The molecule has 144 valence electrons. The number of hydrogen-bond donors (Lipinski definition) is 0. The fraction of sp³-hybridized carbons (Fsp3) is 0.588. The summed E-state index contributed by atoms with van der Waals surface area (Å²) in [4.78, 5) is 26.0. The highest BCUT2D eigenvalue weighted by Gasteiger charge is 2.34. The van der Waals surface area contributed by atoms with Crippen LogP contribution in [0.5, 0.6) is 0 Å². The number of piperazine rings is 1. The fourth-order valence-electron chi connectivity index (χ4n) is 2.88. The number of nitro benzene ring substituents is 1. The van der Waals surface area contributed by atoms with Crippen LogP contribution in [0.2, 0.25) is 0 Å². The number of benzene rings is 1. The molecule has 1 aliphatic rings. The molecule has 0 radical (unpaired) electrons. The van der Waals surface area contributed by atoms with E-state index >= 15 is 0 Å². The Morgan fingerprint density at radius 3 is 2.19 bits per heavy atom. The van der Waals surface area contributed by atoms with E-state index in [0.717, 1.165) is 12.1 Å². The van der Waals surface area contributed by atoms with E-state index in [1.54, 1.807) is 9.80 Å². The number of anilines is 1. The zero-order valence-electron chi connectivity index (χ0n) is 15.0. The molecule has 0 unspecified atom stereocenters. The van der Waals surface area contributed by atoms with Gasteiger partial charge < -0.3 is 9.80 Å². The van der Waals surface area contributed by atoms with E-state index in [1.807, 2.05) is 20.8 Å². The quantitative estimate of drug-likeness (QED) is 0.599. The summed E-state index contributed by atoms with van der Waals surface area (Å²) in [5.41, 5.74) is -1.62. The smallest absolute Gasteiger partial charge is 0.362 e. The lowest BCUT2D eigenvalue weighted by Crippen LogP contribution is -2.49. The first-order chi connectivity index (χ1) is 11.9. The lowest BCUT2D eigenvalue weighted by atomic mass is 9.91. The summed E-state index contributed by atoms with van der Waals surface area (Å²) in [6.07, 6.45) is -4.24. The molecule has 0 atom stereocenters. The van der Waals surface area contributed by atoms with Crippen LogP contribution >= 0.6 is 0 Å². The third kappa shape index (κ3) is 4.86. The minimum Gasteiger partial charge on any atom is -0.362 e. The molecule has 0 saturated carbocycles. The normalized spacial score (nSPS) is 15.9. The molecule has 1 aromatic carbocycles. The van der Waals surface area contributed by atoms with Crippen LogP contribution in [0.3, 0.4) is 0 Å². The zero-order chi connectivity index (χ0) is 19.7. The van der Waals surface area contributed by atoms with Crippen molar-refractivity contribution in [2.45, 2.75) is 33.4 Å². The maximum absolute atomic E-state index is 12.8. The predicted octanol–water partition coefficient (Wildman–Crippen LogP) is 3.70. The van der Waals surface area contributed by atoms with Gasteiger partial charge in [0, 0.05) is 38.7 Å². The molecule has 2 rings (SSSR count). The molecule has 0 aromatic heterocycles. The van der Waals surface area contributed by atoms with Gasteiger partial charge >= 0.3 is 6.18 Å². The number of nitrogens with zero attached hydrogens (tertiary/aromatic N) is 3. The minimum absolute atomic E-state index is 0.0130. The summed E-state index contributed by atoms with van der Waals surface area (Å²) >= 11 is 0. The van der Waals surface area contributed by atoms with E-state index in [1.165, 1.54) is 0 Å². The number of carbonyl (C=O) groups is 1. The Bertz CT molecular complexity index is 691. The molecule has 1 aromatic rings. The summed E-state index contributed by atoms with van der Waals surface area (Å²) in [5, 5.41) is 11.2. The summed E-state index contributed by atoms with van der Waals surface area (Å²) in [7, 11) is 0. The topological polar surface area (TPSA) is 66.7 Å². The van der Waals surface area contributed by atoms with Gasteiger partial charge in [-0.1, -0.05) is 20.8 Å². The SMILES string of the molecule is CC(C)(C)CC(=O)N1CCN(c2ccc(C(F)(F)F)cc2[N+](=O)[O-])CC1. The van der Waals surface area contributed by atoms with Gasteiger partial charge in [0.2, 0.25) is 5.91 Å². The first-order valence-corrected chi connectivity index (χ1v) is 8.27. The number of carbonyl (C=O) groups excluding carboxylic acids is 1. The van der Waals surface area contributed by atoms with Crippen molar-refractivity contribution < 1.29 is 22.9 Å². The summed E-state index contributed by atoms with van der Waals surface area (Å²) in [6, 6.07) is 2.54. The van der Waals surface area contributed by atoms with E-state index in [9.17, 15) is 28.1 Å². The second-order valence-electron chi connectivity index (χ2n) is 7.56. The molecule has 1 saturated heterocycles. The van der Waals surface area contributed by atoms with Crippen LogP contribution in [-0.2, 0) is 11.0 Å². The predicted molar refractivity (Wildman–Crippen MR) is 91.0 cm³/mol. The molecular weight excluding hydrogens is 351 g/mol. The highest BCUT2D eigenvalue weighted by atomic mass is 19.4. The van der Waals surface area contributed by atoms with Crippen molar-refractivity contribution in [1.29, 1.82) is 0 Å². The summed E-state index contributed by atoms with van der Waals surface area (Å²) in [5.74, 6) is 0.0130. The van der Waals surface area contributed by atoms with E-state index in [2.05, 4.69) is 0 Å². The average Bonchev–Trinajstić information content (AvgIpc) is 2.52. The first kappa shape index (κ1) is 20.0. The Morgan fingerprint density at radius 1 is 1.15 bits per heavy atom. The average molecular weight is 373 g/mol. The highest BCUT2D eigenvalue weighted by molar-refractivity contribution is 5.77. The lowest BCUT2D eigenvalue weighted by molar-refractivity contribution is -0.384. The maximum atomic E-state index is 12.8. The van der Waals surface area contributed by atoms with Gasteiger partial charge in [-0.2, -0.15) is 13.2 Å². The van der Waals surface area contributed by atoms with Crippen LogP contribution in [0.1, 0.15) is 32.8 Å². The van der Waals surface area contributed by atoms with Crippen LogP contribution in [0.15, 0.2) is 18.2 Å². The van der Waals surface area contributed by atoms with Gasteiger partial charge in [-0.05, 0) is 17.5 Å². The van der Waals surface area contributed by atoms with Crippen molar-refractivity contribution in [2.24, 2.45) is 5.41 Å². The van der Waals surface area contributed by atoms with Gasteiger partial charge in [-0.25, -0.2) is 0 Å². The Labute approximate surface area is 149 Å². The van der Waals surface area contributed by atoms with Crippen LogP contribution in [0.4, 0.5) is 24.5 Å². The molecule has 9 heteroatoms. The van der Waals surface area contributed by atoms with Crippen molar-refractivity contribution in [2.75, 3.05) is 31.1 Å². The molecule has 0 spiro atoms. The van der Waals surface area contributed by atoms with E-state index < -0.39 is 22.4 Å². The largest absolute Gasteiger partial charge is 0.416 e. The van der Waals surface area contributed by atoms with Crippen molar-refractivity contribution in [3.63, 3.8) is 0 Å². The molecule has 1 heterocycles. The Kier molecular flexibility index (Phi) is 5.48. The second-order valence-corrected chi connectivity index (χ2v) is 7.56. The number of rotatable bonds is 3. The first-order valence-electron chi connectivity index (χ1n) is 8.27. The molecule has 1 fully saturated rings. The van der Waals surface area contributed by atoms with E-state index in [-0.39, 0.29) is 17.0 Å². The Morgan fingerprint density at radius 2 is 1.73 bits per heavy atom. The van der Waals surface area contributed by atoms with Gasteiger partial charge in [0.05, 0.1) is 10.5 Å². The summed E-state index contributed by atoms with van der Waals surface area (Å²) < 4.78 is 38.4. The van der Waals surface area contributed by atoms with Gasteiger partial charge in [-0.15, -0.1) is 0 Å². The monoisotopic (exact) mass is 373 g/mol. The number of amides is 1. The molecule has 1 amide bonds. The van der Waals surface area contributed by atoms with Crippen LogP contribution in [0, 0.1) is 15.5 Å². The van der Waals surface area contributed by atoms with Gasteiger partial charge in [0.15, 0.2) is 0 Å². The molecule has 1 aliphatic heterocycles. The molecular formula is C17H22F3N3O3. The highest BCUT2D eigenvalue weighted by Crippen LogP contribution is 2.36. The standard InChI is InChI=1S/C17H22F3N3O3/c1-16(2,3)11-15(24)22-8-6-21(7-9-22)13-5-4-12(17(18,19)20)10-14(13)23(25)26/h4-5,10H,6-9,11H2,1-3H3. The third-order valence-electron chi connectivity index (χ3n) is 4.15. The maximum Gasteiger partial charge on any atom is 0.416 e. The third-order valence-corrected chi connectivity index (χ3v) is 4.15. The van der Waals surface area contributed by atoms with Crippen LogP contribution in [-0.4, -0.2) is 41.9 Å². The fourth-order valence-corrected chi connectivity index (χ4v) is 2.88. The van der Waals surface area contributed by atoms with Gasteiger partial charge in [-0.3, -0.25) is 14.9 Å². The molecule has 0 bridgehead atoms. The van der Waals surface area contributed by atoms with E-state index in [0.29, 0.717) is 38.7 Å². The number of alkyl halides is 3. The van der Waals surface area contributed by atoms with Crippen molar-refractivity contribution in [1.82, 2.24) is 4.90 Å². The molecule has 0 aliphatic carbocycles. The minimum atomic E-state index is -4.64. The van der Waals surface area contributed by atoms with Crippen LogP contribution in [0.25, 0.3) is 0 Å². The number of halogens is 3. The number of hydrogen-bond acceptors (Lipinski definition) is 4. The number of nitro groups is 1. The Balaban J connectivity index is 2.14. The lowest BCUT2D eigenvalue weighted by Gasteiger charge is -2.37. The van der Waals surface area contributed by atoms with Gasteiger partial charge in [0.1, 0.15) is 5.69 Å². The van der Waals surface area contributed by atoms with Gasteiger partial charge in [0.25, 0.3) is 5.69 Å². The molecule has 0 N–H and O–H groups in total. The van der Waals surface area contributed by atoms with Crippen molar-refractivity contribution >= 4 is 17.3 Å². The molecule has 26 heavy (non-hydrogen) atoms. The summed E-state index contributed by atoms with van der Waals surface area (Å²) in [6.45, 7) is 7.33. The zero-order valence-corrected chi connectivity index (χ0v) is 15.0. The van der Waals surface area contributed by atoms with Crippen molar-refractivity contribution in [3.05, 3.63) is 33.9 Å². The van der Waals surface area contributed by atoms with Crippen LogP contribution < -0.4 is 4.90 Å². The second kappa shape index (κ2) is 7.13. The molecule has 6 nitrogen and oxygen atoms in total.